The van der Waals surface area contributed by atoms with E-state index in [4.69, 9.17) is 4.74 Å². The van der Waals surface area contributed by atoms with E-state index in [1.807, 2.05) is 17.8 Å². The van der Waals surface area contributed by atoms with Gasteiger partial charge in [-0.1, -0.05) is 24.3 Å². The zero-order valence-corrected chi connectivity index (χ0v) is 14.1. The molecular formula is C16H27N3OS. The van der Waals surface area contributed by atoms with E-state index in [-0.39, 0.29) is 0 Å². The van der Waals surface area contributed by atoms with Gasteiger partial charge >= 0.3 is 0 Å². The minimum Gasteiger partial charge on any atom is -0.380 e. The lowest BCUT2D eigenvalue weighted by Gasteiger charge is -2.14. The maximum absolute atomic E-state index is 5.23. The lowest BCUT2D eigenvalue weighted by Crippen LogP contribution is -2.37. The molecule has 118 valence electrons. The van der Waals surface area contributed by atoms with Crippen molar-refractivity contribution < 1.29 is 4.74 Å². The number of nitrogens with one attached hydrogen (secondary N) is 2. The highest BCUT2D eigenvalue weighted by molar-refractivity contribution is 7.98. The molecule has 0 saturated heterocycles. The molecule has 1 rings (SSSR count). The molecule has 0 unspecified atom stereocenters. The Hall–Kier alpha value is -1.20. The summed E-state index contributed by atoms with van der Waals surface area (Å²) in [5.41, 5.74) is 2.45. The lowest BCUT2D eigenvalue weighted by atomic mass is 10.1. The Morgan fingerprint density at radius 2 is 1.95 bits per heavy atom. The molecule has 0 heterocycles. The number of benzene rings is 1. The fourth-order valence-corrected chi connectivity index (χ4v) is 2.50. The Morgan fingerprint density at radius 3 is 2.62 bits per heavy atom. The van der Waals surface area contributed by atoms with Crippen molar-refractivity contribution >= 4 is 17.7 Å². The third-order valence-electron chi connectivity index (χ3n) is 3.16. The van der Waals surface area contributed by atoms with Gasteiger partial charge in [-0.05, 0) is 36.0 Å². The normalized spacial score (nSPS) is 11.5. The summed E-state index contributed by atoms with van der Waals surface area (Å²) < 4.78 is 5.23. The molecule has 1 aromatic rings. The van der Waals surface area contributed by atoms with Gasteiger partial charge in [0.15, 0.2) is 5.96 Å². The second kappa shape index (κ2) is 11.5. The number of rotatable bonds is 9. The Balaban J connectivity index is 2.38. The van der Waals surface area contributed by atoms with Crippen molar-refractivity contribution in [2.75, 3.05) is 32.7 Å². The van der Waals surface area contributed by atoms with Crippen molar-refractivity contribution in [3.63, 3.8) is 0 Å². The maximum atomic E-state index is 5.23. The van der Waals surface area contributed by atoms with Gasteiger partial charge in [-0.3, -0.25) is 4.99 Å². The minimum atomic E-state index is 0.637. The standard InChI is InChI=1S/C16H27N3OS/c1-17-16(18-10-6-7-11-21-3)19-12-14-8-4-5-9-15(14)13-20-2/h4-5,8-9H,6-7,10-13H2,1-3H3,(H2,17,18,19). The quantitative estimate of drug-likeness (QED) is 0.418. The fourth-order valence-electron chi connectivity index (χ4n) is 2.00. The van der Waals surface area contributed by atoms with Crippen LogP contribution in [-0.2, 0) is 17.9 Å². The monoisotopic (exact) mass is 309 g/mol. The SMILES string of the molecule is CN=C(NCCCCSC)NCc1ccccc1COC. The average molecular weight is 309 g/mol. The molecule has 0 bridgehead atoms. The number of thioether (sulfide) groups is 1. The van der Waals surface area contributed by atoms with Gasteiger partial charge in [0.1, 0.15) is 0 Å². The summed E-state index contributed by atoms with van der Waals surface area (Å²) in [6, 6.07) is 8.30. The van der Waals surface area contributed by atoms with Gasteiger partial charge in [0, 0.05) is 27.2 Å². The average Bonchev–Trinajstić information content (AvgIpc) is 2.51. The topological polar surface area (TPSA) is 45.7 Å². The highest BCUT2D eigenvalue weighted by Crippen LogP contribution is 2.09. The van der Waals surface area contributed by atoms with Gasteiger partial charge in [0.05, 0.1) is 6.61 Å². The lowest BCUT2D eigenvalue weighted by molar-refractivity contribution is 0.184. The maximum Gasteiger partial charge on any atom is 0.191 e. The molecule has 21 heavy (non-hydrogen) atoms. The second-order valence-corrected chi connectivity index (χ2v) is 5.74. The first-order valence-electron chi connectivity index (χ1n) is 7.31. The van der Waals surface area contributed by atoms with Crippen molar-refractivity contribution in [2.45, 2.75) is 26.0 Å². The number of unbranched alkanes of at least 4 members (excludes halogenated alkanes) is 1. The van der Waals surface area contributed by atoms with E-state index in [1.54, 1.807) is 14.2 Å². The molecular weight excluding hydrogens is 282 g/mol. The largest absolute Gasteiger partial charge is 0.380 e. The van der Waals surface area contributed by atoms with Crippen LogP contribution in [0.25, 0.3) is 0 Å². The minimum absolute atomic E-state index is 0.637. The first kappa shape index (κ1) is 17.9. The molecule has 0 aliphatic heterocycles. The van der Waals surface area contributed by atoms with E-state index in [0.29, 0.717) is 6.61 Å². The Labute approximate surface area is 132 Å². The molecule has 0 atom stereocenters. The third kappa shape index (κ3) is 7.39. The van der Waals surface area contributed by atoms with Gasteiger partial charge in [-0.15, -0.1) is 0 Å². The Bertz CT molecular complexity index is 424. The zero-order chi connectivity index (χ0) is 15.3. The molecule has 5 heteroatoms. The first-order valence-corrected chi connectivity index (χ1v) is 8.70. The number of guanidine groups is 1. The summed E-state index contributed by atoms with van der Waals surface area (Å²) in [7, 11) is 3.53. The van der Waals surface area contributed by atoms with Crippen molar-refractivity contribution in [3.05, 3.63) is 35.4 Å². The van der Waals surface area contributed by atoms with E-state index in [9.17, 15) is 0 Å². The summed E-state index contributed by atoms with van der Waals surface area (Å²) in [6.45, 7) is 2.35. The van der Waals surface area contributed by atoms with Gasteiger partial charge in [-0.2, -0.15) is 11.8 Å². The van der Waals surface area contributed by atoms with Crippen molar-refractivity contribution in [1.82, 2.24) is 10.6 Å². The van der Waals surface area contributed by atoms with E-state index in [2.05, 4.69) is 40.1 Å². The second-order valence-electron chi connectivity index (χ2n) is 4.75. The number of nitrogens with zero attached hydrogens (tertiary/aromatic N) is 1. The Kier molecular flexibility index (Phi) is 9.74. The zero-order valence-electron chi connectivity index (χ0n) is 13.3. The number of hydrogen-bond acceptors (Lipinski definition) is 3. The van der Waals surface area contributed by atoms with Crippen molar-refractivity contribution in [3.8, 4) is 0 Å². The molecule has 0 aliphatic carbocycles. The number of methoxy groups -OCH3 is 1. The molecule has 0 radical (unpaired) electrons. The summed E-state index contributed by atoms with van der Waals surface area (Å²) in [4.78, 5) is 4.25. The smallest absolute Gasteiger partial charge is 0.191 e. The molecule has 0 fully saturated rings. The summed E-state index contributed by atoms with van der Waals surface area (Å²) in [5.74, 6) is 2.07. The van der Waals surface area contributed by atoms with Crippen LogP contribution in [0.5, 0.6) is 0 Å². The van der Waals surface area contributed by atoms with Crippen LogP contribution in [0.1, 0.15) is 24.0 Å². The van der Waals surface area contributed by atoms with Gasteiger partial charge in [-0.25, -0.2) is 0 Å². The van der Waals surface area contributed by atoms with Crippen LogP contribution < -0.4 is 10.6 Å². The molecule has 0 saturated carbocycles. The summed E-state index contributed by atoms with van der Waals surface area (Å²) >= 11 is 1.89. The van der Waals surface area contributed by atoms with E-state index >= 15 is 0 Å². The van der Waals surface area contributed by atoms with Crippen LogP contribution >= 0.6 is 11.8 Å². The fraction of sp³-hybridized carbons (Fsp3) is 0.562. The third-order valence-corrected chi connectivity index (χ3v) is 3.85. The number of aliphatic imine (C=N–C) groups is 1. The van der Waals surface area contributed by atoms with Crippen molar-refractivity contribution in [1.29, 1.82) is 0 Å². The molecule has 0 amide bonds. The van der Waals surface area contributed by atoms with E-state index in [0.717, 1.165) is 19.0 Å². The van der Waals surface area contributed by atoms with Crippen molar-refractivity contribution in [2.24, 2.45) is 4.99 Å². The summed E-state index contributed by atoms with van der Waals surface area (Å²) in [6.07, 6.45) is 4.55. The first-order chi connectivity index (χ1) is 10.3. The van der Waals surface area contributed by atoms with Gasteiger partial charge < -0.3 is 15.4 Å². The van der Waals surface area contributed by atoms with Crippen LogP contribution in [0.2, 0.25) is 0 Å². The van der Waals surface area contributed by atoms with Crippen LogP contribution in [0, 0.1) is 0 Å². The van der Waals surface area contributed by atoms with Gasteiger partial charge in [0.2, 0.25) is 0 Å². The van der Waals surface area contributed by atoms with Crippen LogP contribution in [0.15, 0.2) is 29.3 Å². The van der Waals surface area contributed by atoms with E-state index in [1.165, 1.54) is 29.7 Å². The number of hydrogen-bond donors (Lipinski definition) is 2. The molecule has 0 aromatic heterocycles. The predicted octanol–water partition coefficient (Wildman–Crippen LogP) is 2.64. The molecule has 0 spiro atoms. The highest BCUT2D eigenvalue weighted by atomic mass is 32.2. The highest BCUT2D eigenvalue weighted by Gasteiger charge is 2.03. The van der Waals surface area contributed by atoms with Gasteiger partial charge in [0.25, 0.3) is 0 Å². The summed E-state index contributed by atoms with van der Waals surface area (Å²) in [5, 5.41) is 6.70. The molecule has 1 aromatic carbocycles. The van der Waals surface area contributed by atoms with E-state index < -0.39 is 0 Å². The van der Waals surface area contributed by atoms with Crippen LogP contribution in [-0.4, -0.2) is 38.7 Å². The predicted molar refractivity (Wildman–Crippen MR) is 93.0 cm³/mol. The molecule has 0 aliphatic rings. The molecule has 4 nitrogen and oxygen atoms in total. The Morgan fingerprint density at radius 1 is 1.19 bits per heavy atom. The van der Waals surface area contributed by atoms with Crippen LogP contribution in [0.3, 0.4) is 0 Å². The molecule has 2 N–H and O–H groups in total. The number of ether oxygens (including phenoxy) is 1. The van der Waals surface area contributed by atoms with Crippen LogP contribution in [0.4, 0.5) is 0 Å².